The molecular weight excluding hydrogens is 290 g/mol. The summed E-state index contributed by atoms with van der Waals surface area (Å²) in [5, 5.41) is 14.1. The molecule has 0 fully saturated rings. The van der Waals surface area contributed by atoms with E-state index < -0.39 is 11.8 Å². The Morgan fingerprint density at radius 1 is 1.04 bits per heavy atom. The number of para-hydroxylation sites is 2. The Morgan fingerprint density at radius 3 is 2.43 bits per heavy atom. The van der Waals surface area contributed by atoms with E-state index in [9.17, 15) is 9.59 Å². The normalized spacial score (nSPS) is 9.78. The second-order valence-corrected chi connectivity index (χ2v) is 5.03. The van der Waals surface area contributed by atoms with E-state index in [4.69, 9.17) is 5.26 Å². The van der Waals surface area contributed by atoms with Gasteiger partial charge in [-0.2, -0.15) is 5.26 Å². The average Bonchev–Trinajstić information content (AvgIpc) is 2.57. The Kier molecular flexibility index (Phi) is 5.11. The van der Waals surface area contributed by atoms with Crippen LogP contribution in [0.25, 0.3) is 0 Å². The van der Waals surface area contributed by atoms with E-state index in [2.05, 4.69) is 10.6 Å². The quantitative estimate of drug-likeness (QED) is 0.855. The molecule has 0 aliphatic heterocycles. The number of amides is 2. The smallest absolute Gasteiger partial charge is 0.314 e. The SMILES string of the molecule is CCc1cccc(C)c1NC(=O)C(=O)Nc1ccccc1C#N. The molecule has 23 heavy (non-hydrogen) atoms. The number of carbonyl (C=O) groups excluding carboxylic acids is 2. The maximum absolute atomic E-state index is 12.1. The molecule has 2 amide bonds. The lowest BCUT2D eigenvalue weighted by molar-refractivity contribution is -0.133. The summed E-state index contributed by atoms with van der Waals surface area (Å²) >= 11 is 0. The Morgan fingerprint density at radius 2 is 1.74 bits per heavy atom. The van der Waals surface area contributed by atoms with Gasteiger partial charge in [0.2, 0.25) is 0 Å². The van der Waals surface area contributed by atoms with Crippen molar-refractivity contribution in [2.75, 3.05) is 10.6 Å². The highest BCUT2D eigenvalue weighted by molar-refractivity contribution is 6.43. The molecule has 0 aliphatic carbocycles. The van der Waals surface area contributed by atoms with Crippen LogP contribution < -0.4 is 10.6 Å². The molecule has 5 heteroatoms. The van der Waals surface area contributed by atoms with Gasteiger partial charge in [0, 0.05) is 5.69 Å². The Hall–Kier alpha value is -3.13. The first kappa shape index (κ1) is 16.2. The van der Waals surface area contributed by atoms with Crippen molar-refractivity contribution in [3.63, 3.8) is 0 Å². The number of rotatable bonds is 3. The zero-order valence-corrected chi connectivity index (χ0v) is 13.0. The van der Waals surface area contributed by atoms with Gasteiger partial charge in [-0.3, -0.25) is 9.59 Å². The van der Waals surface area contributed by atoms with Gasteiger partial charge < -0.3 is 10.6 Å². The summed E-state index contributed by atoms with van der Waals surface area (Å²) in [5.41, 5.74) is 3.13. The zero-order chi connectivity index (χ0) is 16.8. The molecule has 2 aromatic carbocycles. The zero-order valence-electron chi connectivity index (χ0n) is 13.0. The fraction of sp³-hybridized carbons (Fsp3) is 0.167. The highest BCUT2D eigenvalue weighted by Crippen LogP contribution is 2.21. The monoisotopic (exact) mass is 307 g/mol. The molecule has 0 bridgehead atoms. The summed E-state index contributed by atoms with van der Waals surface area (Å²) in [7, 11) is 0. The lowest BCUT2D eigenvalue weighted by atomic mass is 10.1. The highest BCUT2D eigenvalue weighted by Gasteiger charge is 2.17. The highest BCUT2D eigenvalue weighted by atomic mass is 16.2. The van der Waals surface area contributed by atoms with Crippen molar-refractivity contribution in [1.82, 2.24) is 0 Å². The predicted octanol–water partition coefficient (Wildman–Crippen LogP) is 3.01. The molecule has 0 aromatic heterocycles. The number of hydrogen-bond acceptors (Lipinski definition) is 3. The number of hydrogen-bond donors (Lipinski definition) is 2. The first-order valence-electron chi connectivity index (χ1n) is 7.26. The summed E-state index contributed by atoms with van der Waals surface area (Å²) in [6.45, 7) is 3.85. The number of carbonyl (C=O) groups is 2. The van der Waals surface area contributed by atoms with E-state index in [1.165, 1.54) is 0 Å². The summed E-state index contributed by atoms with van der Waals surface area (Å²) in [4.78, 5) is 24.2. The number of benzene rings is 2. The molecule has 0 aliphatic rings. The molecule has 0 heterocycles. The van der Waals surface area contributed by atoms with Crippen molar-refractivity contribution in [2.45, 2.75) is 20.3 Å². The Bertz CT molecular complexity index is 791. The minimum Gasteiger partial charge on any atom is -0.317 e. The topological polar surface area (TPSA) is 82.0 Å². The van der Waals surface area contributed by atoms with Gasteiger partial charge in [0.15, 0.2) is 0 Å². The van der Waals surface area contributed by atoms with Crippen molar-refractivity contribution in [1.29, 1.82) is 5.26 Å². The lowest BCUT2D eigenvalue weighted by Gasteiger charge is -2.13. The predicted molar refractivity (Wildman–Crippen MR) is 89.0 cm³/mol. The number of nitrogens with one attached hydrogen (secondary N) is 2. The van der Waals surface area contributed by atoms with Gasteiger partial charge in [-0.15, -0.1) is 0 Å². The van der Waals surface area contributed by atoms with Crippen LogP contribution in [0.5, 0.6) is 0 Å². The van der Waals surface area contributed by atoms with E-state index >= 15 is 0 Å². The molecule has 5 nitrogen and oxygen atoms in total. The first-order valence-corrected chi connectivity index (χ1v) is 7.26. The van der Waals surface area contributed by atoms with E-state index in [1.54, 1.807) is 24.3 Å². The maximum atomic E-state index is 12.1. The van der Waals surface area contributed by atoms with E-state index in [0.29, 0.717) is 16.9 Å². The van der Waals surface area contributed by atoms with Crippen LogP contribution in [0.2, 0.25) is 0 Å². The van der Waals surface area contributed by atoms with Crippen molar-refractivity contribution in [3.05, 3.63) is 59.2 Å². The van der Waals surface area contributed by atoms with Gasteiger partial charge in [0.05, 0.1) is 11.3 Å². The molecule has 2 N–H and O–H groups in total. The van der Waals surface area contributed by atoms with Crippen molar-refractivity contribution in [3.8, 4) is 6.07 Å². The standard InChI is InChI=1S/C18H17N3O2/c1-3-13-9-6-7-12(2)16(13)21-18(23)17(22)20-15-10-5-4-8-14(15)11-19/h4-10H,3H2,1-2H3,(H,20,22)(H,21,23). The third-order valence-electron chi connectivity index (χ3n) is 3.48. The molecule has 2 aromatic rings. The van der Waals surface area contributed by atoms with Gasteiger partial charge in [-0.25, -0.2) is 0 Å². The first-order chi connectivity index (χ1) is 11.1. The van der Waals surface area contributed by atoms with Crippen LogP contribution in [-0.2, 0) is 16.0 Å². The third kappa shape index (κ3) is 3.74. The van der Waals surface area contributed by atoms with Gasteiger partial charge in [-0.05, 0) is 36.6 Å². The minimum absolute atomic E-state index is 0.304. The molecule has 0 saturated heterocycles. The fourth-order valence-corrected chi connectivity index (χ4v) is 2.24. The van der Waals surface area contributed by atoms with Crippen molar-refractivity contribution < 1.29 is 9.59 Å². The second kappa shape index (κ2) is 7.23. The van der Waals surface area contributed by atoms with E-state index in [1.807, 2.05) is 38.1 Å². The second-order valence-electron chi connectivity index (χ2n) is 5.03. The Labute approximate surface area is 134 Å². The van der Waals surface area contributed by atoms with E-state index in [0.717, 1.165) is 17.5 Å². The minimum atomic E-state index is -0.807. The summed E-state index contributed by atoms with van der Waals surface area (Å²) in [6.07, 6.45) is 0.746. The number of anilines is 2. The van der Waals surface area contributed by atoms with Crippen LogP contribution in [0.3, 0.4) is 0 Å². The van der Waals surface area contributed by atoms with Crippen LogP contribution >= 0.6 is 0 Å². The average molecular weight is 307 g/mol. The molecule has 0 atom stereocenters. The molecule has 0 radical (unpaired) electrons. The van der Waals surface area contributed by atoms with Crippen LogP contribution in [0.1, 0.15) is 23.6 Å². The molecule has 0 unspecified atom stereocenters. The summed E-state index contributed by atoms with van der Waals surface area (Å²) < 4.78 is 0. The molecular formula is C18H17N3O2. The molecule has 116 valence electrons. The molecule has 0 saturated carbocycles. The van der Waals surface area contributed by atoms with Crippen LogP contribution in [0.4, 0.5) is 11.4 Å². The molecule has 0 spiro atoms. The van der Waals surface area contributed by atoms with Crippen LogP contribution in [0, 0.1) is 18.3 Å². The summed E-state index contributed by atoms with van der Waals surface area (Å²) in [6, 6.07) is 14.2. The third-order valence-corrected chi connectivity index (χ3v) is 3.48. The van der Waals surface area contributed by atoms with Gasteiger partial charge >= 0.3 is 11.8 Å². The Balaban J connectivity index is 2.16. The lowest BCUT2D eigenvalue weighted by Crippen LogP contribution is -2.30. The van der Waals surface area contributed by atoms with Gasteiger partial charge in [0.1, 0.15) is 6.07 Å². The number of nitrogens with zero attached hydrogens (tertiary/aromatic N) is 1. The maximum Gasteiger partial charge on any atom is 0.314 e. The van der Waals surface area contributed by atoms with Gasteiger partial charge in [0.25, 0.3) is 0 Å². The number of nitriles is 1. The van der Waals surface area contributed by atoms with Crippen molar-refractivity contribution >= 4 is 23.2 Å². The van der Waals surface area contributed by atoms with Crippen LogP contribution in [0.15, 0.2) is 42.5 Å². The summed E-state index contributed by atoms with van der Waals surface area (Å²) in [5.74, 6) is -1.57. The van der Waals surface area contributed by atoms with Crippen molar-refractivity contribution in [2.24, 2.45) is 0 Å². The van der Waals surface area contributed by atoms with E-state index in [-0.39, 0.29) is 0 Å². The fourth-order valence-electron chi connectivity index (χ4n) is 2.24. The number of aryl methyl sites for hydroxylation is 2. The largest absolute Gasteiger partial charge is 0.317 e. The van der Waals surface area contributed by atoms with Crippen LogP contribution in [-0.4, -0.2) is 11.8 Å². The molecule has 2 rings (SSSR count). The van der Waals surface area contributed by atoms with Gasteiger partial charge in [-0.1, -0.05) is 37.3 Å².